The van der Waals surface area contributed by atoms with Gasteiger partial charge in [-0.05, 0) is 37.1 Å². The highest BCUT2D eigenvalue weighted by Crippen LogP contribution is 2.17. The Morgan fingerprint density at radius 3 is 2.71 bits per heavy atom. The van der Waals surface area contributed by atoms with E-state index in [1.807, 2.05) is 6.92 Å². The first-order valence-corrected chi connectivity index (χ1v) is 6.52. The number of carbonyl (C=O) groups excluding carboxylic acids is 1. The molecule has 0 saturated carbocycles. The molecule has 3 nitrogen and oxygen atoms in total. The summed E-state index contributed by atoms with van der Waals surface area (Å²) in [5.41, 5.74) is 1.45. The quantitative estimate of drug-likeness (QED) is 0.869. The molecule has 4 heteroatoms. The molecule has 1 N–H and O–H groups in total. The number of hydrogen-bond acceptors (Lipinski definition) is 2. The zero-order valence-corrected chi connectivity index (χ0v) is 12.0. The van der Waals surface area contributed by atoms with Crippen molar-refractivity contribution in [3.63, 3.8) is 0 Å². The lowest BCUT2D eigenvalue weighted by molar-refractivity contribution is 0.0793. The van der Waals surface area contributed by atoms with Crippen LogP contribution in [0.5, 0.6) is 5.75 Å². The highest BCUT2D eigenvalue weighted by molar-refractivity contribution is 9.09. The van der Waals surface area contributed by atoms with Crippen molar-refractivity contribution in [1.82, 2.24) is 4.90 Å². The van der Waals surface area contributed by atoms with Gasteiger partial charge in [0.2, 0.25) is 0 Å². The van der Waals surface area contributed by atoms with Gasteiger partial charge in [-0.25, -0.2) is 0 Å². The molecule has 94 valence electrons. The van der Waals surface area contributed by atoms with Gasteiger partial charge in [0, 0.05) is 24.0 Å². The van der Waals surface area contributed by atoms with Crippen LogP contribution in [0.25, 0.3) is 0 Å². The van der Waals surface area contributed by atoms with E-state index in [-0.39, 0.29) is 11.7 Å². The molecule has 1 aromatic carbocycles. The third-order valence-corrected chi connectivity index (χ3v) is 3.11. The van der Waals surface area contributed by atoms with Crippen LogP contribution in [0.15, 0.2) is 18.2 Å². The van der Waals surface area contributed by atoms with Gasteiger partial charge in [-0.1, -0.05) is 22.9 Å². The highest BCUT2D eigenvalue weighted by atomic mass is 79.9. The Kier molecular flexibility index (Phi) is 5.00. The van der Waals surface area contributed by atoms with E-state index >= 15 is 0 Å². The Balaban J connectivity index is 2.75. The van der Waals surface area contributed by atoms with E-state index in [0.29, 0.717) is 16.9 Å². The minimum absolute atomic E-state index is 0.00403. The van der Waals surface area contributed by atoms with Crippen molar-refractivity contribution in [2.75, 3.05) is 13.6 Å². The van der Waals surface area contributed by atoms with E-state index in [1.165, 1.54) is 0 Å². The molecule has 1 atom stereocenters. The number of alkyl halides is 1. The van der Waals surface area contributed by atoms with Crippen LogP contribution < -0.4 is 0 Å². The van der Waals surface area contributed by atoms with Gasteiger partial charge in [-0.15, -0.1) is 0 Å². The molecule has 0 fully saturated rings. The summed E-state index contributed by atoms with van der Waals surface area (Å²) in [6.45, 7) is 4.60. The number of benzene rings is 1. The van der Waals surface area contributed by atoms with E-state index in [4.69, 9.17) is 0 Å². The first kappa shape index (κ1) is 14.0. The van der Waals surface area contributed by atoms with E-state index in [0.717, 1.165) is 12.0 Å². The number of rotatable bonds is 4. The second-order valence-electron chi connectivity index (χ2n) is 4.30. The average Bonchev–Trinajstić information content (AvgIpc) is 2.25. The third-order valence-electron chi connectivity index (χ3n) is 2.65. The minimum Gasteiger partial charge on any atom is -0.508 e. The maximum absolute atomic E-state index is 12.1. The highest BCUT2D eigenvalue weighted by Gasteiger charge is 2.14. The molecule has 0 bridgehead atoms. The largest absolute Gasteiger partial charge is 0.508 e. The van der Waals surface area contributed by atoms with E-state index in [9.17, 15) is 9.90 Å². The predicted molar refractivity (Wildman–Crippen MR) is 72.8 cm³/mol. The smallest absolute Gasteiger partial charge is 0.253 e. The van der Waals surface area contributed by atoms with Crippen LogP contribution >= 0.6 is 15.9 Å². The molecule has 1 unspecified atom stereocenters. The molecule has 1 rings (SSSR count). The van der Waals surface area contributed by atoms with E-state index < -0.39 is 0 Å². The van der Waals surface area contributed by atoms with Crippen LogP contribution in [0.1, 0.15) is 29.3 Å². The number of halogens is 1. The summed E-state index contributed by atoms with van der Waals surface area (Å²) in [7, 11) is 1.80. The zero-order chi connectivity index (χ0) is 13.0. The summed E-state index contributed by atoms with van der Waals surface area (Å²) in [5.74, 6) is 0.187. The lowest BCUT2D eigenvalue weighted by atomic mass is 10.1. The van der Waals surface area contributed by atoms with Crippen molar-refractivity contribution < 1.29 is 9.90 Å². The molecule has 0 heterocycles. The van der Waals surface area contributed by atoms with Gasteiger partial charge < -0.3 is 10.0 Å². The average molecular weight is 300 g/mol. The standard InChI is InChI=1S/C13H18BrNO2/c1-9-8-11(16)4-5-12(9)13(17)15(3)7-6-10(2)14/h4-5,8,10,16H,6-7H2,1-3H3. The minimum atomic E-state index is -0.00403. The van der Waals surface area contributed by atoms with E-state index in [2.05, 4.69) is 22.9 Å². The number of amides is 1. The lowest BCUT2D eigenvalue weighted by Gasteiger charge is -2.19. The van der Waals surface area contributed by atoms with Crippen molar-refractivity contribution >= 4 is 21.8 Å². The topological polar surface area (TPSA) is 40.5 Å². The molecule has 0 aliphatic rings. The van der Waals surface area contributed by atoms with Crippen LogP contribution in [0.4, 0.5) is 0 Å². The molecule has 0 aliphatic carbocycles. The van der Waals surface area contributed by atoms with Crippen LogP contribution in [0.3, 0.4) is 0 Å². The summed E-state index contributed by atoms with van der Waals surface area (Å²) in [5, 5.41) is 9.30. The van der Waals surface area contributed by atoms with Crippen molar-refractivity contribution in [2.45, 2.75) is 25.1 Å². The first-order chi connectivity index (χ1) is 7.91. The molecular weight excluding hydrogens is 282 g/mol. The normalized spacial score (nSPS) is 12.2. The van der Waals surface area contributed by atoms with Crippen LogP contribution in [0, 0.1) is 6.92 Å². The first-order valence-electron chi connectivity index (χ1n) is 5.61. The van der Waals surface area contributed by atoms with Gasteiger partial charge in [0.1, 0.15) is 5.75 Å². The summed E-state index contributed by atoms with van der Waals surface area (Å²) in [6.07, 6.45) is 0.916. The SMILES string of the molecule is Cc1cc(O)ccc1C(=O)N(C)CCC(C)Br. The molecule has 0 aliphatic heterocycles. The predicted octanol–water partition coefficient (Wildman–Crippen LogP) is 2.95. The van der Waals surface area contributed by atoms with Crippen LogP contribution in [-0.4, -0.2) is 34.3 Å². The van der Waals surface area contributed by atoms with Gasteiger partial charge in [0.25, 0.3) is 5.91 Å². The Morgan fingerprint density at radius 1 is 1.53 bits per heavy atom. The molecule has 1 aromatic rings. The number of phenols is 1. The molecule has 0 saturated heterocycles. The summed E-state index contributed by atoms with van der Waals surface area (Å²) < 4.78 is 0. The van der Waals surface area contributed by atoms with Gasteiger partial charge >= 0.3 is 0 Å². The number of phenolic OH excluding ortho intramolecular Hbond substituents is 1. The van der Waals surface area contributed by atoms with Crippen molar-refractivity contribution in [2.24, 2.45) is 0 Å². The maximum atomic E-state index is 12.1. The fraction of sp³-hybridized carbons (Fsp3) is 0.462. The van der Waals surface area contributed by atoms with Gasteiger partial charge in [0.15, 0.2) is 0 Å². The van der Waals surface area contributed by atoms with Crippen molar-refractivity contribution in [3.8, 4) is 5.75 Å². The number of carbonyl (C=O) groups is 1. The molecule has 0 aromatic heterocycles. The number of nitrogens with zero attached hydrogens (tertiary/aromatic N) is 1. The second kappa shape index (κ2) is 6.05. The third kappa shape index (κ3) is 4.04. The van der Waals surface area contributed by atoms with Crippen LogP contribution in [-0.2, 0) is 0 Å². The monoisotopic (exact) mass is 299 g/mol. The number of aryl methyl sites for hydroxylation is 1. The van der Waals surface area contributed by atoms with Crippen molar-refractivity contribution in [1.29, 1.82) is 0 Å². The Bertz CT molecular complexity index is 404. The maximum Gasteiger partial charge on any atom is 0.253 e. The molecular formula is C13H18BrNO2. The van der Waals surface area contributed by atoms with Gasteiger partial charge in [-0.3, -0.25) is 4.79 Å². The summed E-state index contributed by atoms with van der Waals surface area (Å²) in [6, 6.07) is 4.82. The molecule has 17 heavy (non-hydrogen) atoms. The second-order valence-corrected chi connectivity index (χ2v) is 5.86. The molecule has 0 spiro atoms. The van der Waals surface area contributed by atoms with Crippen molar-refractivity contribution in [3.05, 3.63) is 29.3 Å². The fourth-order valence-electron chi connectivity index (χ4n) is 1.57. The number of hydrogen-bond donors (Lipinski definition) is 1. The fourth-order valence-corrected chi connectivity index (χ4v) is 1.77. The summed E-state index contributed by atoms with van der Waals surface area (Å²) >= 11 is 3.46. The Hall–Kier alpha value is -1.03. The van der Waals surface area contributed by atoms with Gasteiger partial charge in [-0.2, -0.15) is 0 Å². The summed E-state index contributed by atoms with van der Waals surface area (Å²) in [4.78, 5) is 14.2. The molecule has 0 radical (unpaired) electrons. The zero-order valence-electron chi connectivity index (χ0n) is 10.4. The Morgan fingerprint density at radius 2 is 2.18 bits per heavy atom. The Labute approximate surface area is 111 Å². The van der Waals surface area contributed by atoms with E-state index in [1.54, 1.807) is 30.1 Å². The number of aromatic hydroxyl groups is 1. The lowest BCUT2D eigenvalue weighted by Crippen LogP contribution is -2.29. The van der Waals surface area contributed by atoms with Gasteiger partial charge in [0.05, 0.1) is 0 Å². The molecule has 1 amide bonds. The van der Waals surface area contributed by atoms with Crippen LogP contribution in [0.2, 0.25) is 0 Å².